The first kappa shape index (κ1) is 16.3. The summed E-state index contributed by atoms with van der Waals surface area (Å²) in [6, 6.07) is 9.23. The van der Waals surface area contributed by atoms with Crippen LogP contribution < -0.4 is 0 Å². The Morgan fingerprint density at radius 3 is 2.50 bits per heavy atom. The third-order valence-corrected chi connectivity index (χ3v) is 5.91. The summed E-state index contributed by atoms with van der Waals surface area (Å²) in [5, 5.41) is 0. The fraction of sp³-hybridized carbons (Fsp3) is 0.619. The Bertz CT molecular complexity index is 591. The van der Waals surface area contributed by atoms with Gasteiger partial charge in [0.05, 0.1) is 13.2 Å². The van der Waals surface area contributed by atoms with E-state index in [4.69, 9.17) is 4.74 Å². The Kier molecular flexibility index (Phi) is 5.02. The molecular formula is C21H30N2O. The second-order valence-electron chi connectivity index (χ2n) is 7.91. The highest BCUT2D eigenvalue weighted by atomic mass is 16.5. The molecule has 2 aliphatic heterocycles. The van der Waals surface area contributed by atoms with Crippen LogP contribution in [0, 0.1) is 11.8 Å². The highest BCUT2D eigenvalue weighted by Gasteiger charge is 2.33. The van der Waals surface area contributed by atoms with Crippen molar-refractivity contribution < 1.29 is 4.74 Å². The van der Waals surface area contributed by atoms with Gasteiger partial charge in [-0.15, -0.1) is 0 Å². The van der Waals surface area contributed by atoms with Crippen molar-refractivity contribution in [3.8, 4) is 0 Å². The van der Waals surface area contributed by atoms with Gasteiger partial charge in [0.25, 0.3) is 0 Å². The van der Waals surface area contributed by atoms with Crippen molar-refractivity contribution in [2.75, 3.05) is 39.4 Å². The zero-order valence-electron chi connectivity index (χ0n) is 14.9. The normalized spacial score (nSPS) is 28.6. The molecule has 0 saturated carbocycles. The van der Waals surface area contributed by atoms with Crippen LogP contribution in [0.3, 0.4) is 0 Å². The number of fused-ring (bicyclic) bond motifs is 1. The highest BCUT2D eigenvalue weighted by molar-refractivity contribution is 5.24. The van der Waals surface area contributed by atoms with Gasteiger partial charge in [0.15, 0.2) is 0 Å². The maximum atomic E-state index is 5.45. The van der Waals surface area contributed by atoms with E-state index in [1.807, 2.05) is 0 Å². The van der Waals surface area contributed by atoms with E-state index in [9.17, 15) is 0 Å². The van der Waals surface area contributed by atoms with Gasteiger partial charge in [-0.1, -0.05) is 35.9 Å². The molecule has 1 aromatic rings. The van der Waals surface area contributed by atoms with E-state index in [1.54, 1.807) is 5.57 Å². The molecule has 0 amide bonds. The van der Waals surface area contributed by atoms with E-state index >= 15 is 0 Å². The number of ether oxygens (including phenoxy) is 1. The number of hydrogen-bond acceptors (Lipinski definition) is 3. The summed E-state index contributed by atoms with van der Waals surface area (Å²) in [6.45, 7) is 10.9. The number of rotatable bonds is 4. The van der Waals surface area contributed by atoms with Gasteiger partial charge in [-0.05, 0) is 42.7 Å². The first-order chi connectivity index (χ1) is 11.8. The van der Waals surface area contributed by atoms with Crippen molar-refractivity contribution >= 4 is 0 Å². The van der Waals surface area contributed by atoms with Crippen molar-refractivity contribution in [1.29, 1.82) is 0 Å². The SMILES string of the molecule is CC1=CC[C@H]2CN(Cc3cccc(CN4CCOCC4)c3)C[C@H]2C1. The fourth-order valence-corrected chi connectivity index (χ4v) is 4.61. The van der Waals surface area contributed by atoms with E-state index < -0.39 is 0 Å². The lowest BCUT2D eigenvalue weighted by Crippen LogP contribution is -2.35. The van der Waals surface area contributed by atoms with Crippen LogP contribution in [0.4, 0.5) is 0 Å². The van der Waals surface area contributed by atoms with Crippen LogP contribution >= 0.6 is 0 Å². The van der Waals surface area contributed by atoms with Crippen molar-refractivity contribution in [3.63, 3.8) is 0 Å². The molecule has 0 N–H and O–H groups in total. The van der Waals surface area contributed by atoms with E-state index in [2.05, 4.69) is 47.1 Å². The Labute approximate surface area is 146 Å². The molecule has 4 rings (SSSR count). The Balaban J connectivity index is 1.34. The molecule has 0 radical (unpaired) electrons. The summed E-state index contributed by atoms with van der Waals surface area (Å²) in [5.74, 6) is 1.79. The van der Waals surface area contributed by atoms with Gasteiger partial charge < -0.3 is 4.74 Å². The predicted molar refractivity (Wildman–Crippen MR) is 97.8 cm³/mol. The van der Waals surface area contributed by atoms with E-state index in [0.29, 0.717) is 0 Å². The quantitative estimate of drug-likeness (QED) is 0.790. The number of allylic oxidation sites excluding steroid dienone is 2. The van der Waals surface area contributed by atoms with Gasteiger partial charge in [-0.25, -0.2) is 0 Å². The molecule has 3 heteroatoms. The molecule has 0 bridgehead atoms. The van der Waals surface area contributed by atoms with Crippen molar-refractivity contribution in [3.05, 3.63) is 47.0 Å². The summed E-state index contributed by atoms with van der Waals surface area (Å²) in [6.07, 6.45) is 5.08. The summed E-state index contributed by atoms with van der Waals surface area (Å²) in [5.41, 5.74) is 4.53. The maximum absolute atomic E-state index is 5.45. The molecule has 130 valence electrons. The largest absolute Gasteiger partial charge is 0.379 e. The molecule has 2 saturated heterocycles. The number of hydrogen-bond donors (Lipinski definition) is 0. The lowest BCUT2D eigenvalue weighted by Gasteiger charge is -2.26. The summed E-state index contributed by atoms with van der Waals surface area (Å²) >= 11 is 0. The Morgan fingerprint density at radius 1 is 1.00 bits per heavy atom. The van der Waals surface area contributed by atoms with Gasteiger partial charge in [0, 0.05) is 39.3 Å². The standard InChI is InChI=1S/C21H30N2O/c1-17-5-6-20-15-23(16-21(20)11-17)14-19-4-2-3-18(12-19)13-22-7-9-24-10-8-22/h2-5,12,20-21H,6-11,13-16H2,1H3/t20-,21+/m0/s1. The average molecular weight is 326 g/mol. The van der Waals surface area contributed by atoms with Gasteiger partial charge in [0.1, 0.15) is 0 Å². The third-order valence-electron chi connectivity index (χ3n) is 5.91. The van der Waals surface area contributed by atoms with Crippen molar-refractivity contribution in [2.24, 2.45) is 11.8 Å². The molecule has 2 heterocycles. The molecule has 0 aromatic heterocycles. The molecule has 2 atom stereocenters. The van der Waals surface area contributed by atoms with Crippen LogP contribution in [0.1, 0.15) is 30.9 Å². The Hall–Kier alpha value is -1.16. The molecule has 2 fully saturated rings. The maximum Gasteiger partial charge on any atom is 0.0594 e. The minimum atomic E-state index is 0.879. The molecule has 3 aliphatic rings. The zero-order chi connectivity index (χ0) is 16.4. The zero-order valence-corrected chi connectivity index (χ0v) is 14.9. The number of nitrogens with zero attached hydrogens (tertiary/aromatic N) is 2. The third kappa shape index (κ3) is 3.90. The monoisotopic (exact) mass is 326 g/mol. The lowest BCUT2D eigenvalue weighted by molar-refractivity contribution is 0.0342. The summed E-state index contributed by atoms with van der Waals surface area (Å²) in [7, 11) is 0. The highest BCUT2D eigenvalue weighted by Crippen LogP contribution is 2.36. The second kappa shape index (κ2) is 7.38. The van der Waals surface area contributed by atoms with Gasteiger partial charge in [0.2, 0.25) is 0 Å². The second-order valence-corrected chi connectivity index (χ2v) is 7.91. The average Bonchev–Trinajstić information content (AvgIpc) is 2.97. The van der Waals surface area contributed by atoms with Crippen molar-refractivity contribution in [1.82, 2.24) is 9.80 Å². The van der Waals surface area contributed by atoms with Crippen molar-refractivity contribution in [2.45, 2.75) is 32.9 Å². The van der Waals surface area contributed by atoms with Crippen LogP contribution in [0.15, 0.2) is 35.9 Å². The summed E-state index contributed by atoms with van der Waals surface area (Å²) < 4.78 is 5.45. The topological polar surface area (TPSA) is 15.7 Å². The molecule has 1 aliphatic carbocycles. The molecule has 0 unspecified atom stereocenters. The van der Waals surface area contributed by atoms with E-state index in [1.165, 1.54) is 37.1 Å². The first-order valence-corrected chi connectivity index (χ1v) is 9.52. The molecule has 3 nitrogen and oxygen atoms in total. The number of morpholine rings is 1. The van der Waals surface area contributed by atoms with Crippen LogP contribution in [0.25, 0.3) is 0 Å². The van der Waals surface area contributed by atoms with E-state index in [-0.39, 0.29) is 0 Å². The molecule has 1 aromatic carbocycles. The predicted octanol–water partition coefficient (Wildman–Crippen LogP) is 3.31. The number of likely N-dealkylation sites (tertiary alicyclic amines) is 1. The minimum Gasteiger partial charge on any atom is -0.379 e. The first-order valence-electron chi connectivity index (χ1n) is 9.52. The lowest BCUT2D eigenvalue weighted by atomic mass is 9.83. The van der Waals surface area contributed by atoms with Crippen LogP contribution in [-0.2, 0) is 17.8 Å². The Morgan fingerprint density at radius 2 is 1.71 bits per heavy atom. The van der Waals surface area contributed by atoms with Gasteiger partial charge >= 0.3 is 0 Å². The number of benzene rings is 1. The molecule has 24 heavy (non-hydrogen) atoms. The molecular weight excluding hydrogens is 296 g/mol. The minimum absolute atomic E-state index is 0.879. The molecule has 0 spiro atoms. The van der Waals surface area contributed by atoms with Crippen LogP contribution in [0.5, 0.6) is 0 Å². The summed E-state index contributed by atoms with van der Waals surface area (Å²) in [4.78, 5) is 5.18. The fourth-order valence-electron chi connectivity index (χ4n) is 4.61. The van der Waals surface area contributed by atoms with Gasteiger partial charge in [-0.3, -0.25) is 9.80 Å². The van der Waals surface area contributed by atoms with Crippen LogP contribution in [-0.4, -0.2) is 49.2 Å². The smallest absolute Gasteiger partial charge is 0.0594 e. The van der Waals surface area contributed by atoms with E-state index in [0.717, 1.165) is 51.2 Å². The van der Waals surface area contributed by atoms with Gasteiger partial charge in [-0.2, -0.15) is 0 Å². The van der Waals surface area contributed by atoms with Crippen LogP contribution in [0.2, 0.25) is 0 Å².